The van der Waals surface area contributed by atoms with Gasteiger partial charge in [-0.05, 0) is 91.8 Å². The van der Waals surface area contributed by atoms with E-state index >= 15 is 0 Å². The Morgan fingerprint density at radius 3 is 2.53 bits per heavy atom. The fraction of sp³-hybridized carbons (Fsp3) is 0.0690. The molecule has 0 fully saturated rings. The monoisotopic (exact) mass is 561 g/mol. The minimum absolute atomic E-state index is 0.152. The first-order valence-corrected chi connectivity index (χ1v) is 12.7. The number of nitrogens with zero attached hydrogens (tertiary/aromatic N) is 1. The lowest BCUT2D eigenvalue weighted by Gasteiger charge is -2.11. The second-order valence-corrected chi connectivity index (χ2v) is 9.86. The van der Waals surface area contributed by atoms with Crippen LogP contribution in [-0.2, 0) is 4.79 Å². The Kier molecular flexibility index (Phi) is 7.33. The summed E-state index contributed by atoms with van der Waals surface area (Å²) in [5, 5.41) is 7.11. The van der Waals surface area contributed by atoms with E-state index in [1.807, 2.05) is 56.3 Å². The molecule has 1 amide bonds. The molecule has 0 spiro atoms. The van der Waals surface area contributed by atoms with Crippen molar-refractivity contribution in [2.45, 2.75) is 13.8 Å². The molecule has 5 aromatic rings. The number of carbonyl (C=O) groups excluding carboxylic acids is 1. The molecule has 5 rings (SSSR count). The van der Waals surface area contributed by atoms with E-state index in [4.69, 9.17) is 44.3 Å². The van der Waals surface area contributed by atoms with E-state index < -0.39 is 5.91 Å². The molecule has 2 N–H and O–H groups in total. The summed E-state index contributed by atoms with van der Waals surface area (Å²) in [6, 6.07) is 20.3. The Bertz CT molecular complexity index is 1720. The predicted octanol–water partition coefficient (Wildman–Crippen LogP) is 8.20. The third-order valence-corrected chi connectivity index (χ3v) is 6.65. The molecule has 0 atom stereocenters. The summed E-state index contributed by atoms with van der Waals surface area (Å²) in [4.78, 5) is 17.0. The molecular formula is C29H21Cl2N3O3S. The molecule has 0 aliphatic rings. The van der Waals surface area contributed by atoms with Gasteiger partial charge in [0, 0.05) is 32.9 Å². The highest BCUT2D eigenvalue weighted by molar-refractivity contribution is 7.80. The van der Waals surface area contributed by atoms with Gasteiger partial charge in [0.05, 0.1) is 0 Å². The second-order valence-electron chi connectivity index (χ2n) is 8.60. The van der Waals surface area contributed by atoms with E-state index in [1.165, 1.54) is 6.08 Å². The molecule has 0 bridgehead atoms. The van der Waals surface area contributed by atoms with Gasteiger partial charge in [-0.15, -0.1) is 0 Å². The van der Waals surface area contributed by atoms with Crippen molar-refractivity contribution < 1.29 is 13.6 Å². The maximum absolute atomic E-state index is 12.5. The number of benzene rings is 3. The first-order chi connectivity index (χ1) is 18.2. The lowest BCUT2D eigenvalue weighted by molar-refractivity contribution is -0.115. The van der Waals surface area contributed by atoms with Crippen LogP contribution in [0.2, 0.25) is 10.0 Å². The number of furan rings is 1. The van der Waals surface area contributed by atoms with Crippen molar-refractivity contribution in [3.63, 3.8) is 0 Å². The first kappa shape index (κ1) is 25.7. The highest BCUT2D eigenvalue weighted by Crippen LogP contribution is 2.30. The number of hydrogen-bond acceptors (Lipinski definition) is 5. The van der Waals surface area contributed by atoms with Gasteiger partial charge in [0.1, 0.15) is 17.0 Å². The molecule has 38 heavy (non-hydrogen) atoms. The molecule has 2 heterocycles. The average Bonchev–Trinajstić information content (AvgIpc) is 3.53. The number of halogens is 2. The molecule has 2 aromatic heterocycles. The van der Waals surface area contributed by atoms with Gasteiger partial charge in [-0.3, -0.25) is 10.1 Å². The van der Waals surface area contributed by atoms with Crippen LogP contribution in [0.15, 0.2) is 81.6 Å². The molecule has 0 saturated carbocycles. The van der Waals surface area contributed by atoms with Crippen LogP contribution in [0.3, 0.4) is 0 Å². The maximum atomic E-state index is 12.5. The van der Waals surface area contributed by atoms with Gasteiger partial charge < -0.3 is 14.2 Å². The minimum atomic E-state index is -0.400. The number of anilines is 1. The number of oxazole rings is 1. The molecular weight excluding hydrogens is 541 g/mol. The van der Waals surface area contributed by atoms with Crippen LogP contribution >= 0.6 is 35.4 Å². The van der Waals surface area contributed by atoms with Gasteiger partial charge in [0.25, 0.3) is 0 Å². The number of hydrogen-bond donors (Lipinski definition) is 2. The van der Waals surface area contributed by atoms with E-state index in [9.17, 15) is 4.79 Å². The summed E-state index contributed by atoms with van der Waals surface area (Å²) in [6.07, 6.45) is 2.92. The van der Waals surface area contributed by atoms with Crippen molar-refractivity contribution in [2.75, 3.05) is 5.32 Å². The van der Waals surface area contributed by atoms with Crippen LogP contribution in [0, 0.1) is 13.8 Å². The molecule has 0 saturated heterocycles. The molecule has 0 unspecified atom stereocenters. The second kappa shape index (κ2) is 10.8. The van der Waals surface area contributed by atoms with E-state index in [0.29, 0.717) is 44.2 Å². The van der Waals surface area contributed by atoms with Crippen molar-refractivity contribution in [3.05, 3.63) is 99.7 Å². The highest BCUT2D eigenvalue weighted by atomic mass is 35.5. The standard InChI is InChI=1S/C29H21Cl2N3O3S/c1-16-3-5-18(13-22(16)31)25-11-8-21(36-25)9-12-27(35)34-29(38)33-23-14-19(6-4-17(23)2)28-32-24-15-20(30)7-10-26(24)37-28/h3-15H,1-2H3,(H2,33,34,35,38)/b12-9+. The van der Waals surface area contributed by atoms with Crippen molar-refractivity contribution in [3.8, 4) is 22.8 Å². The lowest BCUT2D eigenvalue weighted by Crippen LogP contribution is -2.33. The maximum Gasteiger partial charge on any atom is 0.250 e. The Labute approximate surface area is 234 Å². The van der Waals surface area contributed by atoms with Crippen molar-refractivity contribution in [1.29, 1.82) is 0 Å². The lowest BCUT2D eigenvalue weighted by atomic mass is 10.1. The molecule has 0 radical (unpaired) electrons. The van der Waals surface area contributed by atoms with E-state index in [2.05, 4.69) is 15.6 Å². The Balaban J connectivity index is 1.23. The Hall–Kier alpha value is -3.91. The summed E-state index contributed by atoms with van der Waals surface area (Å²) in [7, 11) is 0. The number of nitrogens with one attached hydrogen (secondary N) is 2. The topological polar surface area (TPSA) is 80.3 Å². The Morgan fingerprint density at radius 2 is 1.71 bits per heavy atom. The number of aromatic nitrogens is 1. The smallest absolute Gasteiger partial charge is 0.250 e. The summed E-state index contributed by atoms with van der Waals surface area (Å²) in [5.41, 5.74) is 5.55. The molecule has 0 aliphatic heterocycles. The predicted molar refractivity (Wildman–Crippen MR) is 156 cm³/mol. The van der Waals surface area contributed by atoms with Crippen molar-refractivity contribution in [2.24, 2.45) is 0 Å². The minimum Gasteiger partial charge on any atom is -0.457 e. The number of thiocarbonyl (C=S) groups is 1. The first-order valence-electron chi connectivity index (χ1n) is 11.6. The van der Waals surface area contributed by atoms with E-state index in [1.54, 1.807) is 30.3 Å². The largest absolute Gasteiger partial charge is 0.457 e. The summed E-state index contributed by atoms with van der Waals surface area (Å²) >= 11 is 17.6. The van der Waals surface area contributed by atoms with Crippen LogP contribution in [0.4, 0.5) is 5.69 Å². The quantitative estimate of drug-likeness (QED) is 0.166. The molecule has 190 valence electrons. The van der Waals surface area contributed by atoms with Crippen LogP contribution in [0.5, 0.6) is 0 Å². The number of carbonyl (C=O) groups is 1. The normalized spacial score (nSPS) is 11.3. The van der Waals surface area contributed by atoms with Gasteiger partial charge >= 0.3 is 0 Å². The van der Waals surface area contributed by atoms with Crippen LogP contribution in [0.1, 0.15) is 16.9 Å². The van der Waals surface area contributed by atoms with Crippen LogP contribution < -0.4 is 10.6 Å². The SMILES string of the molecule is Cc1ccc(-c2ccc(/C=C/C(=O)NC(=S)Nc3cc(-c4nc5cc(Cl)ccc5o4)ccc3C)o2)cc1Cl. The molecule has 9 heteroatoms. The third-order valence-electron chi connectivity index (χ3n) is 5.80. The van der Waals surface area contributed by atoms with Gasteiger partial charge in [0.2, 0.25) is 11.8 Å². The number of fused-ring (bicyclic) bond motifs is 1. The summed E-state index contributed by atoms with van der Waals surface area (Å²) in [5.74, 6) is 1.23. The van der Waals surface area contributed by atoms with Crippen LogP contribution in [0.25, 0.3) is 40.0 Å². The zero-order valence-corrected chi connectivity index (χ0v) is 22.7. The average molecular weight is 562 g/mol. The molecule has 6 nitrogen and oxygen atoms in total. The molecule has 3 aromatic carbocycles. The number of rotatable bonds is 5. The third kappa shape index (κ3) is 5.81. The van der Waals surface area contributed by atoms with Crippen LogP contribution in [-0.4, -0.2) is 16.0 Å². The fourth-order valence-corrected chi connectivity index (χ4v) is 4.28. The highest BCUT2D eigenvalue weighted by Gasteiger charge is 2.12. The molecule has 0 aliphatic carbocycles. The summed E-state index contributed by atoms with van der Waals surface area (Å²) < 4.78 is 11.7. The van der Waals surface area contributed by atoms with Gasteiger partial charge in [-0.1, -0.05) is 41.4 Å². The van der Waals surface area contributed by atoms with Crippen molar-refractivity contribution in [1.82, 2.24) is 10.3 Å². The van der Waals surface area contributed by atoms with Gasteiger partial charge in [-0.25, -0.2) is 4.98 Å². The van der Waals surface area contributed by atoms with E-state index in [0.717, 1.165) is 22.3 Å². The Morgan fingerprint density at radius 1 is 0.921 bits per heavy atom. The van der Waals surface area contributed by atoms with Gasteiger partial charge in [-0.2, -0.15) is 0 Å². The van der Waals surface area contributed by atoms with E-state index in [-0.39, 0.29) is 5.11 Å². The van der Waals surface area contributed by atoms with Crippen molar-refractivity contribution >= 4 is 69.3 Å². The summed E-state index contributed by atoms with van der Waals surface area (Å²) in [6.45, 7) is 3.87. The zero-order chi connectivity index (χ0) is 26.8. The fourth-order valence-electron chi connectivity index (χ4n) is 3.72. The zero-order valence-electron chi connectivity index (χ0n) is 20.3. The van der Waals surface area contributed by atoms with Gasteiger partial charge in [0.15, 0.2) is 10.7 Å². The number of aryl methyl sites for hydroxylation is 2. The number of amides is 1.